The number of ether oxygens (including phenoxy) is 2. The highest BCUT2D eigenvalue weighted by Gasteiger charge is 2.28. The van der Waals surface area contributed by atoms with Gasteiger partial charge in [0.25, 0.3) is 5.91 Å². The zero-order valence-electron chi connectivity index (χ0n) is 18.7. The number of para-hydroxylation sites is 1. The topological polar surface area (TPSA) is 67.9 Å². The third kappa shape index (κ3) is 6.79. The summed E-state index contributed by atoms with van der Waals surface area (Å²) < 4.78 is 11.0. The van der Waals surface area contributed by atoms with Gasteiger partial charge in [0.05, 0.1) is 7.11 Å². The molecule has 0 fully saturated rings. The van der Waals surface area contributed by atoms with Gasteiger partial charge in [0.15, 0.2) is 6.61 Å². The van der Waals surface area contributed by atoms with E-state index >= 15 is 0 Å². The number of carbonyl (C=O) groups is 2. The number of amides is 2. The maximum atomic E-state index is 13.1. The molecular formula is C24H32N2O4. The molecule has 2 aromatic rings. The van der Waals surface area contributed by atoms with Gasteiger partial charge in [-0.15, -0.1) is 0 Å². The second-order valence-electron chi connectivity index (χ2n) is 8.34. The van der Waals surface area contributed by atoms with E-state index in [1.807, 2.05) is 76.2 Å². The molecule has 0 aliphatic heterocycles. The third-order valence-electron chi connectivity index (χ3n) is 4.60. The van der Waals surface area contributed by atoms with Gasteiger partial charge >= 0.3 is 0 Å². The number of benzene rings is 2. The minimum Gasteiger partial charge on any atom is -0.497 e. The van der Waals surface area contributed by atoms with Gasteiger partial charge in [-0.25, -0.2) is 0 Å². The van der Waals surface area contributed by atoms with E-state index in [-0.39, 0.29) is 25.0 Å². The maximum Gasteiger partial charge on any atom is 0.261 e. The number of carbonyl (C=O) groups excluding carboxylic acids is 2. The van der Waals surface area contributed by atoms with Gasteiger partial charge in [0.1, 0.15) is 17.5 Å². The molecule has 6 nitrogen and oxygen atoms in total. The molecule has 30 heavy (non-hydrogen) atoms. The number of rotatable bonds is 8. The van der Waals surface area contributed by atoms with Crippen molar-refractivity contribution >= 4 is 11.8 Å². The minimum absolute atomic E-state index is 0.151. The predicted octanol–water partition coefficient (Wildman–Crippen LogP) is 3.71. The van der Waals surface area contributed by atoms with Crippen molar-refractivity contribution in [2.75, 3.05) is 13.7 Å². The molecule has 1 atom stereocenters. The Hall–Kier alpha value is -3.02. The fourth-order valence-corrected chi connectivity index (χ4v) is 2.96. The molecule has 0 heterocycles. The van der Waals surface area contributed by atoms with Crippen LogP contribution in [-0.4, -0.2) is 42.0 Å². The van der Waals surface area contributed by atoms with Crippen LogP contribution in [-0.2, 0) is 16.1 Å². The molecule has 0 spiro atoms. The van der Waals surface area contributed by atoms with Crippen molar-refractivity contribution in [2.24, 2.45) is 0 Å². The van der Waals surface area contributed by atoms with Crippen LogP contribution in [0.5, 0.6) is 11.5 Å². The molecule has 2 rings (SSSR count). The number of nitrogens with one attached hydrogen (secondary N) is 1. The van der Waals surface area contributed by atoms with Gasteiger partial charge in [-0.05, 0) is 63.9 Å². The van der Waals surface area contributed by atoms with E-state index in [2.05, 4.69) is 5.32 Å². The summed E-state index contributed by atoms with van der Waals surface area (Å²) in [7, 11) is 1.59. The summed E-state index contributed by atoms with van der Waals surface area (Å²) in [6, 6.07) is 14.3. The molecule has 0 saturated heterocycles. The Morgan fingerprint density at radius 2 is 1.80 bits per heavy atom. The van der Waals surface area contributed by atoms with Crippen LogP contribution in [0.15, 0.2) is 48.5 Å². The third-order valence-corrected chi connectivity index (χ3v) is 4.60. The van der Waals surface area contributed by atoms with Crippen LogP contribution < -0.4 is 14.8 Å². The number of hydrogen-bond donors (Lipinski definition) is 1. The highest BCUT2D eigenvalue weighted by molar-refractivity contribution is 5.88. The lowest BCUT2D eigenvalue weighted by Gasteiger charge is -2.31. The van der Waals surface area contributed by atoms with E-state index in [1.165, 1.54) is 4.90 Å². The van der Waals surface area contributed by atoms with Crippen LogP contribution in [0, 0.1) is 6.92 Å². The first-order chi connectivity index (χ1) is 14.1. The predicted molar refractivity (Wildman–Crippen MR) is 118 cm³/mol. The molecule has 1 unspecified atom stereocenters. The molecule has 0 aliphatic carbocycles. The van der Waals surface area contributed by atoms with Crippen LogP contribution in [0.4, 0.5) is 0 Å². The lowest BCUT2D eigenvalue weighted by atomic mass is 10.1. The van der Waals surface area contributed by atoms with Gasteiger partial charge < -0.3 is 19.7 Å². The van der Waals surface area contributed by atoms with E-state index in [1.54, 1.807) is 14.0 Å². The molecule has 162 valence electrons. The van der Waals surface area contributed by atoms with Crippen molar-refractivity contribution in [3.05, 3.63) is 59.7 Å². The molecule has 0 bridgehead atoms. The standard InChI is InChI=1S/C24H32N2O4/c1-17-10-7-8-13-21(17)30-16-22(27)26(18(2)23(28)25-24(3,4)5)15-19-11-9-12-20(14-19)29-6/h7-14,18H,15-16H2,1-6H3,(H,25,28). The van der Waals surface area contributed by atoms with Gasteiger partial charge in [0.2, 0.25) is 5.91 Å². The molecule has 2 aromatic carbocycles. The van der Waals surface area contributed by atoms with E-state index in [0.29, 0.717) is 11.5 Å². The van der Waals surface area contributed by atoms with E-state index in [0.717, 1.165) is 11.1 Å². The van der Waals surface area contributed by atoms with Gasteiger partial charge in [-0.1, -0.05) is 30.3 Å². The summed E-state index contributed by atoms with van der Waals surface area (Å²) in [6.45, 7) is 9.50. The second kappa shape index (κ2) is 10.1. The number of methoxy groups -OCH3 is 1. The Bertz CT molecular complexity index is 874. The highest BCUT2D eigenvalue weighted by atomic mass is 16.5. The number of aryl methyl sites for hydroxylation is 1. The molecule has 0 radical (unpaired) electrons. The quantitative estimate of drug-likeness (QED) is 0.718. The highest BCUT2D eigenvalue weighted by Crippen LogP contribution is 2.19. The zero-order chi connectivity index (χ0) is 22.3. The Morgan fingerprint density at radius 1 is 1.10 bits per heavy atom. The number of nitrogens with zero attached hydrogens (tertiary/aromatic N) is 1. The van der Waals surface area contributed by atoms with Crippen LogP contribution in [0.2, 0.25) is 0 Å². The first-order valence-corrected chi connectivity index (χ1v) is 10.0. The van der Waals surface area contributed by atoms with Gasteiger partial charge in [0, 0.05) is 12.1 Å². The molecule has 0 aliphatic rings. The summed E-state index contributed by atoms with van der Waals surface area (Å²) in [5, 5.41) is 2.95. The molecule has 0 aromatic heterocycles. The fourth-order valence-electron chi connectivity index (χ4n) is 2.96. The van der Waals surface area contributed by atoms with Crippen molar-refractivity contribution < 1.29 is 19.1 Å². The zero-order valence-corrected chi connectivity index (χ0v) is 18.7. The lowest BCUT2D eigenvalue weighted by Crippen LogP contribution is -2.53. The van der Waals surface area contributed by atoms with E-state index in [9.17, 15) is 9.59 Å². The number of hydrogen-bond acceptors (Lipinski definition) is 4. The normalized spacial score (nSPS) is 12.1. The maximum absolute atomic E-state index is 13.1. The average Bonchev–Trinajstić information content (AvgIpc) is 2.69. The molecule has 0 saturated carbocycles. The summed E-state index contributed by atoms with van der Waals surface area (Å²) in [4.78, 5) is 27.4. The van der Waals surface area contributed by atoms with Gasteiger partial charge in [-0.3, -0.25) is 9.59 Å². The van der Waals surface area contributed by atoms with Gasteiger partial charge in [-0.2, -0.15) is 0 Å². The SMILES string of the molecule is COc1cccc(CN(C(=O)COc2ccccc2C)C(C)C(=O)NC(C)(C)C)c1. The summed E-state index contributed by atoms with van der Waals surface area (Å²) >= 11 is 0. The van der Waals surface area contributed by atoms with Crippen molar-refractivity contribution in [3.8, 4) is 11.5 Å². The molecule has 1 N–H and O–H groups in total. The van der Waals surface area contributed by atoms with E-state index in [4.69, 9.17) is 9.47 Å². The van der Waals surface area contributed by atoms with Crippen molar-refractivity contribution in [2.45, 2.75) is 52.7 Å². The monoisotopic (exact) mass is 412 g/mol. The first kappa shape index (κ1) is 23.3. The second-order valence-corrected chi connectivity index (χ2v) is 8.34. The Balaban J connectivity index is 2.21. The Labute approximate surface area is 179 Å². The van der Waals surface area contributed by atoms with Crippen molar-refractivity contribution in [3.63, 3.8) is 0 Å². The van der Waals surface area contributed by atoms with Crippen molar-refractivity contribution in [1.82, 2.24) is 10.2 Å². The summed E-state index contributed by atoms with van der Waals surface area (Å²) in [5.41, 5.74) is 1.42. The van der Waals surface area contributed by atoms with Crippen molar-refractivity contribution in [1.29, 1.82) is 0 Å². The first-order valence-electron chi connectivity index (χ1n) is 10.0. The summed E-state index contributed by atoms with van der Waals surface area (Å²) in [6.07, 6.45) is 0. The van der Waals surface area contributed by atoms with Crippen LogP contribution >= 0.6 is 0 Å². The Morgan fingerprint density at radius 3 is 2.43 bits per heavy atom. The van der Waals surface area contributed by atoms with Crippen LogP contribution in [0.25, 0.3) is 0 Å². The summed E-state index contributed by atoms with van der Waals surface area (Å²) in [5.74, 6) is 0.870. The molecular weight excluding hydrogens is 380 g/mol. The average molecular weight is 413 g/mol. The molecule has 2 amide bonds. The fraction of sp³-hybridized carbons (Fsp3) is 0.417. The van der Waals surface area contributed by atoms with E-state index < -0.39 is 11.6 Å². The Kier molecular flexibility index (Phi) is 7.86. The smallest absolute Gasteiger partial charge is 0.261 e. The lowest BCUT2D eigenvalue weighted by molar-refractivity contribution is -0.142. The minimum atomic E-state index is -0.664. The largest absolute Gasteiger partial charge is 0.497 e. The van der Waals surface area contributed by atoms with Crippen LogP contribution in [0.1, 0.15) is 38.8 Å². The molecule has 6 heteroatoms. The van der Waals surface area contributed by atoms with Crippen LogP contribution in [0.3, 0.4) is 0 Å².